The van der Waals surface area contributed by atoms with Gasteiger partial charge in [-0.1, -0.05) is 6.42 Å². The van der Waals surface area contributed by atoms with Crippen LogP contribution < -0.4 is 5.32 Å². The summed E-state index contributed by atoms with van der Waals surface area (Å²) in [6.07, 6.45) is 7.09. The van der Waals surface area contributed by atoms with Gasteiger partial charge in [-0.15, -0.1) is 0 Å². The molecule has 92 valence electrons. The zero-order valence-corrected chi connectivity index (χ0v) is 10.6. The molecule has 1 heterocycles. The number of pyridine rings is 1. The fourth-order valence-electron chi connectivity index (χ4n) is 1.92. The summed E-state index contributed by atoms with van der Waals surface area (Å²) in [6.45, 7) is 0.642. The lowest BCUT2D eigenvalue weighted by Gasteiger charge is -2.40. The second kappa shape index (κ2) is 4.96. The predicted octanol–water partition coefficient (Wildman–Crippen LogP) is 1.80. The topological polar surface area (TPSA) is 62.2 Å². The van der Waals surface area contributed by atoms with Gasteiger partial charge in [0.2, 0.25) is 0 Å². The second-order valence-corrected chi connectivity index (χ2v) is 5.57. The molecule has 4 nitrogen and oxygen atoms in total. The van der Waals surface area contributed by atoms with Crippen molar-refractivity contribution < 1.29 is 9.90 Å². The van der Waals surface area contributed by atoms with Crippen molar-refractivity contribution in [3.8, 4) is 5.75 Å². The highest BCUT2D eigenvalue weighted by atomic mass is 32.2. The van der Waals surface area contributed by atoms with Crippen molar-refractivity contribution in [3.63, 3.8) is 0 Å². The molecular formula is C12H16N2O2S. The molecule has 0 radical (unpaired) electrons. The second-order valence-electron chi connectivity index (χ2n) is 4.29. The van der Waals surface area contributed by atoms with Crippen molar-refractivity contribution in [2.75, 3.05) is 12.8 Å². The monoisotopic (exact) mass is 252 g/mol. The molecule has 0 aliphatic heterocycles. The normalized spacial score (nSPS) is 17.2. The first-order valence-corrected chi connectivity index (χ1v) is 6.87. The fourth-order valence-corrected chi connectivity index (χ4v) is 2.83. The van der Waals surface area contributed by atoms with Crippen molar-refractivity contribution in [3.05, 3.63) is 24.0 Å². The van der Waals surface area contributed by atoms with E-state index in [9.17, 15) is 9.90 Å². The average molecular weight is 252 g/mol. The van der Waals surface area contributed by atoms with Crippen LogP contribution in [0.15, 0.2) is 18.3 Å². The molecule has 0 atom stereocenters. The molecule has 0 unspecified atom stereocenters. The molecule has 0 aromatic carbocycles. The van der Waals surface area contributed by atoms with E-state index < -0.39 is 0 Å². The number of amides is 1. The van der Waals surface area contributed by atoms with Crippen LogP contribution in [0.25, 0.3) is 0 Å². The number of hydrogen-bond acceptors (Lipinski definition) is 4. The van der Waals surface area contributed by atoms with Gasteiger partial charge in [0.1, 0.15) is 5.75 Å². The Morgan fingerprint density at radius 2 is 2.41 bits per heavy atom. The zero-order chi connectivity index (χ0) is 12.3. The van der Waals surface area contributed by atoms with E-state index in [1.54, 1.807) is 17.8 Å². The zero-order valence-electron chi connectivity index (χ0n) is 9.77. The lowest BCUT2D eigenvalue weighted by molar-refractivity contribution is 0.0936. The Hall–Kier alpha value is -1.23. The van der Waals surface area contributed by atoms with Crippen LogP contribution in [0.4, 0.5) is 0 Å². The van der Waals surface area contributed by atoms with E-state index in [-0.39, 0.29) is 22.1 Å². The quantitative estimate of drug-likeness (QED) is 0.857. The van der Waals surface area contributed by atoms with E-state index in [1.807, 2.05) is 0 Å². The molecule has 1 amide bonds. The molecule has 2 N–H and O–H groups in total. The number of nitrogens with one attached hydrogen (secondary N) is 1. The molecule has 1 aromatic rings. The minimum atomic E-state index is -0.302. The summed E-state index contributed by atoms with van der Waals surface area (Å²) in [5, 5.41) is 12.4. The molecule has 2 rings (SSSR count). The van der Waals surface area contributed by atoms with Gasteiger partial charge in [-0.25, -0.2) is 4.98 Å². The van der Waals surface area contributed by atoms with Crippen LogP contribution >= 0.6 is 11.8 Å². The smallest absolute Gasteiger partial charge is 0.273 e. The minimum absolute atomic E-state index is 0.0724. The standard InChI is InChI=1S/C12H16N2O2S/c1-17-12(5-3-6-12)8-14-11(16)10-9(15)4-2-7-13-10/h2,4,7,15H,3,5-6,8H2,1H3,(H,14,16). The summed E-state index contributed by atoms with van der Waals surface area (Å²) in [7, 11) is 0. The third-order valence-electron chi connectivity index (χ3n) is 3.27. The number of carbonyl (C=O) groups excluding carboxylic acids is 1. The molecule has 1 aliphatic rings. The number of aromatic hydroxyl groups is 1. The molecule has 0 saturated heterocycles. The molecule has 0 bridgehead atoms. The number of nitrogens with zero attached hydrogens (tertiary/aromatic N) is 1. The Morgan fingerprint density at radius 3 is 2.94 bits per heavy atom. The van der Waals surface area contributed by atoms with Crippen molar-refractivity contribution in [2.24, 2.45) is 0 Å². The van der Waals surface area contributed by atoms with Gasteiger partial charge in [-0.3, -0.25) is 4.79 Å². The lowest BCUT2D eigenvalue weighted by Crippen LogP contribution is -2.45. The molecule has 17 heavy (non-hydrogen) atoms. The fraction of sp³-hybridized carbons (Fsp3) is 0.500. The summed E-state index contributed by atoms with van der Waals surface area (Å²) in [6, 6.07) is 3.07. The van der Waals surface area contributed by atoms with Crippen LogP contribution in [-0.4, -0.2) is 33.5 Å². The number of rotatable bonds is 4. The van der Waals surface area contributed by atoms with E-state index in [0.29, 0.717) is 6.54 Å². The first-order valence-electron chi connectivity index (χ1n) is 5.64. The number of aromatic nitrogens is 1. The highest BCUT2D eigenvalue weighted by Crippen LogP contribution is 2.42. The summed E-state index contributed by atoms with van der Waals surface area (Å²) in [5.41, 5.74) is 0.100. The lowest BCUT2D eigenvalue weighted by atomic mass is 9.84. The Bertz CT molecular complexity index is 413. The van der Waals surface area contributed by atoms with Gasteiger partial charge in [0.05, 0.1) is 0 Å². The highest BCUT2D eigenvalue weighted by molar-refractivity contribution is 8.00. The third-order valence-corrected chi connectivity index (χ3v) is 4.69. The van der Waals surface area contributed by atoms with Gasteiger partial charge in [0, 0.05) is 17.5 Å². The Kier molecular flexibility index (Phi) is 3.57. The number of thioether (sulfide) groups is 1. The SMILES string of the molecule is CSC1(CNC(=O)c2ncccc2O)CCC1. The van der Waals surface area contributed by atoms with Crippen LogP contribution in [0.2, 0.25) is 0 Å². The van der Waals surface area contributed by atoms with Gasteiger partial charge in [0.15, 0.2) is 5.69 Å². The molecule has 1 aliphatic carbocycles. The summed E-state index contributed by atoms with van der Waals surface area (Å²) < 4.78 is 0.195. The van der Waals surface area contributed by atoms with E-state index in [2.05, 4.69) is 16.6 Å². The van der Waals surface area contributed by atoms with Crippen molar-refractivity contribution in [2.45, 2.75) is 24.0 Å². The van der Waals surface area contributed by atoms with E-state index in [4.69, 9.17) is 0 Å². The molecule has 1 fully saturated rings. The Labute approximate surface area is 105 Å². The van der Waals surface area contributed by atoms with Crippen LogP contribution in [0.3, 0.4) is 0 Å². The van der Waals surface area contributed by atoms with Gasteiger partial charge in [-0.2, -0.15) is 11.8 Å². The van der Waals surface area contributed by atoms with Crippen molar-refractivity contribution in [1.82, 2.24) is 10.3 Å². The highest BCUT2D eigenvalue weighted by Gasteiger charge is 2.36. The van der Waals surface area contributed by atoms with Crippen molar-refractivity contribution >= 4 is 17.7 Å². The first kappa shape index (κ1) is 12.2. The van der Waals surface area contributed by atoms with Gasteiger partial charge < -0.3 is 10.4 Å². The molecule has 1 saturated carbocycles. The van der Waals surface area contributed by atoms with Gasteiger partial charge >= 0.3 is 0 Å². The maximum atomic E-state index is 11.8. The molecular weight excluding hydrogens is 236 g/mol. The van der Waals surface area contributed by atoms with Crippen LogP contribution in [0.1, 0.15) is 29.8 Å². The number of carbonyl (C=O) groups is 1. The molecule has 0 spiro atoms. The first-order chi connectivity index (χ1) is 8.17. The Balaban J connectivity index is 1.96. The van der Waals surface area contributed by atoms with Crippen LogP contribution in [0, 0.1) is 0 Å². The predicted molar refractivity (Wildman–Crippen MR) is 68.3 cm³/mol. The maximum absolute atomic E-state index is 11.8. The maximum Gasteiger partial charge on any atom is 0.273 e. The van der Waals surface area contributed by atoms with E-state index in [1.165, 1.54) is 18.7 Å². The largest absolute Gasteiger partial charge is 0.505 e. The van der Waals surface area contributed by atoms with Crippen molar-refractivity contribution in [1.29, 1.82) is 0 Å². The van der Waals surface area contributed by atoms with Gasteiger partial charge in [-0.05, 0) is 31.2 Å². The van der Waals surface area contributed by atoms with E-state index in [0.717, 1.165) is 12.8 Å². The van der Waals surface area contributed by atoms with E-state index >= 15 is 0 Å². The summed E-state index contributed by atoms with van der Waals surface area (Å²) >= 11 is 1.80. The minimum Gasteiger partial charge on any atom is -0.505 e. The molecule has 5 heteroatoms. The van der Waals surface area contributed by atoms with Gasteiger partial charge in [0.25, 0.3) is 5.91 Å². The summed E-state index contributed by atoms with van der Waals surface area (Å²) in [5.74, 6) is -0.375. The average Bonchev–Trinajstić information content (AvgIpc) is 2.28. The van der Waals surface area contributed by atoms with Crippen LogP contribution in [-0.2, 0) is 0 Å². The molecule has 1 aromatic heterocycles. The third kappa shape index (κ3) is 2.54. The van der Waals surface area contributed by atoms with Crippen LogP contribution in [0.5, 0.6) is 5.75 Å². The Morgan fingerprint density at radius 1 is 1.65 bits per heavy atom. The summed E-state index contributed by atoms with van der Waals surface area (Å²) in [4.78, 5) is 15.7. The number of hydrogen-bond donors (Lipinski definition) is 2.